The van der Waals surface area contributed by atoms with Crippen LogP contribution in [0, 0.1) is 11.6 Å². The van der Waals surface area contributed by atoms with Crippen molar-refractivity contribution in [3.63, 3.8) is 0 Å². The van der Waals surface area contributed by atoms with Crippen LogP contribution in [0.15, 0.2) is 34.8 Å². The Balaban J connectivity index is 2.02. The molecular weight excluding hydrogens is 410 g/mol. The number of alkyl halides is 1. The molecule has 0 amide bonds. The van der Waals surface area contributed by atoms with Crippen molar-refractivity contribution >= 4 is 31.9 Å². The Morgan fingerprint density at radius 3 is 2.10 bits per heavy atom. The van der Waals surface area contributed by atoms with E-state index in [0.717, 1.165) is 16.1 Å². The molecule has 1 unspecified atom stereocenters. The van der Waals surface area contributed by atoms with Gasteiger partial charge in [-0.15, -0.1) is 0 Å². The van der Waals surface area contributed by atoms with Gasteiger partial charge in [0.25, 0.3) is 0 Å². The second-order valence-electron chi connectivity index (χ2n) is 4.58. The molecular formula is C15H10Br2F2O2. The predicted molar refractivity (Wildman–Crippen MR) is 82.3 cm³/mol. The zero-order chi connectivity index (χ0) is 15.0. The van der Waals surface area contributed by atoms with Gasteiger partial charge in [-0.1, -0.05) is 31.9 Å². The fourth-order valence-electron chi connectivity index (χ4n) is 2.17. The highest BCUT2D eigenvalue weighted by molar-refractivity contribution is 9.11. The van der Waals surface area contributed by atoms with Crippen LogP contribution in [0.25, 0.3) is 0 Å². The summed E-state index contributed by atoms with van der Waals surface area (Å²) in [5, 5.41) is 0. The summed E-state index contributed by atoms with van der Waals surface area (Å²) in [5.41, 5.74) is 1.30. The van der Waals surface area contributed by atoms with E-state index in [1.807, 2.05) is 0 Å². The van der Waals surface area contributed by atoms with Gasteiger partial charge in [0.2, 0.25) is 0 Å². The maximum atomic E-state index is 13.4. The van der Waals surface area contributed by atoms with Crippen LogP contribution in [0.4, 0.5) is 8.78 Å². The minimum absolute atomic E-state index is 0.368. The van der Waals surface area contributed by atoms with Gasteiger partial charge < -0.3 is 9.47 Å². The lowest BCUT2D eigenvalue weighted by molar-refractivity contribution is 0.171. The molecule has 2 nitrogen and oxygen atoms in total. The number of hydrogen-bond acceptors (Lipinski definition) is 2. The molecule has 6 heteroatoms. The van der Waals surface area contributed by atoms with Gasteiger partial charge in [-0.3, -0.25) is 0 Å². The summed E-state index contributed by atoms with van der Waals surface area (Å²) < 4.78 is 38.5. The van der Waals surface area contributed by atoms with Crippen molar-refractivity contribution in [1.29, 1.82) is 0 Å². The molecule has 110 valence electrons. The van der Waals surface area contributed by atoms with E-state index in [0.29, 0.717) is 30.3 Å². The summed E-state index contributed by atoms with van der Waals surface area (Å²) in [5.74, 6) is 0.0639. The second kappa shape index (κ2) is 5.93. The largest absolute Gasteiger partial charge is 0.486 e. The number of halogens is 4. The molecule has 1 atom stereocenters. The number of ether oxygens (including phenoxy) is 2. The zero-order valence-electron chi connectivity index (χ0n) is 10.7. The van der Waals surface area contributed by atoms with Gasteiger partial charge in [-0.05, 0) is 35.4 Å². The first-order valence-corrected chi connectivity index (χ1v) is 7.94. The average Bonchev–Trinajstić information content (AvgIpc) is 2.44. The number of rotatable bonds is 2. The van der Waals surface area contributed by atoms with Gasteiger partial charge in [0.05, 0.1) is 4.83 Å². The van der Waals surface area contributed by atoms with E-state index in [-0.39, 0.29) is 4.83 Å². The van der Waals surface area contributed by atoms with Crippen molar-refractivity contribution in [3.8, 4) is 11.5 Å². The molecule has 1 heterocycles. The molecule has 2 aromatic rings. The van der Waals surface area contributed by atoms with E-state index in [2.05, 4.69) is 31.9 Å². The van der Waals surface area contributed by atoms with Crippen LogP contribution >= 0.6 is 31.9 Å². The molecule has 1 aliphatic rings. The van der Waals surface area contributed by atoms with Crippen molar-refractivity contribution in [2.24, 2.45) is 0 Å². The third-order valence-corrected chi connectivity index (χ3v) is 4.82. The molecule has 0 aromatic heterocycles. The quantitative estimate of drug-likeness (QED) is 0.639. The molecule has 0 saturated heterocycles. The van der Waals surface area contributed by atoms with Gasteiger partial charge in [0.1, 0.15) is 24.8 Å². The van der Waals surface area contributed by atoms with Gasteiger partial charge in [0, 0.05) is 10.5 Å². The Hall–Kier alpha value is -1.14. The predicted octanol–water partition coefficient (Wildman–Crippen LogP) is 4.98. The topological polar surface area (TPSA) is 18.5 Å². The average molecular weight is 420 g/mol. The normalized spacial score (nSPS) is 14.9. The molecule has 21 heavy (non-hydrogen) atoms. The van der Waals surface area contributed by atoms with E-state index in [4.69, 9.17) is 9.47 Å². The molecule has 2 aromatic carbocycles. The van der Waals surface area contributed by atoms with Crippen molar-refractivity contribution < 1.29 is 18.3 Å². The molecule has 0 spiro atoms. The van der Waals surface area contributed by atoms with Crippen LogP contribution in [0.2, 0.25) is 0 Å². The number of benzene rings is 2. The zero-order valence-corrected chi connectivity index (χ0v) is 13.9. The van der Waals surface area contributed by atoms with E-state index in [1.54, 1.807) is 12.1 Å². The maximum Gasteiger partial charge on any atom is 0.162 e. The molecule has 0 fully saturated rings. The molecule has 0 aliphatic carbocycles. The minimum Gasteiger partial charge on any atom is -0.486 e. The van der Waals surface area contributed by atoms with Crippen LogP contribution < -0.4 is 9.47 Å². The van der Waals surface area contributed by atoms with Crippen LogP contribution in [0.3, 0.4) is 0 Å². The summed E-state index contributed by atoms with van der Waals surface area (Å²) in [6.45, 7) is 0.987. The Morgan fingerprint density at radius 2 is 1.48 bits per heavy atom. The highest BCUT2D eigenvalue weighted by Crippen LogP contribution is 2.42. The van der Waals surface area contributed by atoms with Crippen LogP contribution in [0.1, 0.15) is 16.0 Å². The van der Waals surface area contributed by atoms with Crippen molar-refractivity contribution in [3.05, 3.63) is 57.6 Å². The summed E-state index contributed by atoms with van der Waals surface area (Å²) in [6.07, 6.45) is 0. The third-order valence-electron chi connectivity index (χ3n) is 3.11. The van der Waals surface area contributed by atoms with Crippen molar-refractivity contribution in [1.82, 2.24) is 0 Å². The van der Waals surface area contributed by atoms with E-state index < -0.39 is 11.6 Å². The Bertz CT molecular complexity index is 671. The third kappa shape index (κ3) is 3.06. The molecule has 0 saturated carbocycles. The highest BCUT2D eigenvalue weighted by Gasteiger charge is 2.20. The summed E-state index contributed by atoms with van der Waals surface area (Å²) in [7, 11) is 0. The summed E-state index contributed by atoms with van der Waals surface area (Å²) in [6, 6.07) is 7.05. The number of fused-ring (bicyclic) bond motifs is 1. The smallest absolute Gasteiger partial charge is 0.162 e. The molecule has 0 radical (unpaired) electrons. The van der Waals surface area contributed by atoms with Gasteiger partial charge >= 0.3 is 0 Å². The lowest BCUT2D eigenvalue weighted by atomic mass is 10.0. The van der Waals surface area contributed by atoms with Gasteiger partial charge in [0.15, 0.2) is 11.5 Å². The van der Waals surface area contributed by atoms with E-state index >= 15 is 0 Å². The lowest BCUT2D eigenvalue weighted by Gasteiger charge is -2.21. The Morgan fingerprint density at radius 1 is 0.905 bits per heavy atom. The van der Waals surface area contributed by atoms with Gasteiger partial charge in [-0.25, -0.2) is 8.78 Å². The first kappa shape index (κ1) is 14.8. The summed E-state index contributed by atoms with van der Waals surface area (Å²) in [4.78, 5) is -0.368. The van der Waals surface area contributed by atoms with Crippen molar-refractivity contribution in [2.45, 2.75) is 4.83 Å². The molecule has 3 rings (SSSR count). The molecule has 0 bridgehead atoms. The highest BCUT2D eigenvalue weighted by atomic mass is 79.9. The minimum atomic E-state index is -0.608. The first-order chi connectivity index (χ1) is 10.0. The van der Waals surface area contributed by atoms with Gasteiger partial charge in [-0.2, -0.15) is 0 Å². The SMILES string of the molecule is Fc1cc(F)cc(C(Br)c2cc3c(cc2Br)OCCO3)c1. The first-order valence-electron chi connectivity index (χ1n) is 6.23. The van der Waals surface area contributed by atoms with Crippen molar-refractivity contribution in [2.75, 3.05) is 13.2 Å². The second-order valence-corrected chi connectivity index (χ2v) is 6.35. The van der Waals surface area contributed by atoms with E-state index in [9.17, 15) is 8.78 Å². The number of hydrogen-bond donors (Lipinski definition) is 0. The van der Waals surface area contributed by atoms with Crippen LogP contribution in [-0.2, 0) is 0 Å². The lowest BCUT2D eigenvalue weighted by Crippen LogP contribution is -2.15. The maximum absolute atomic E-state index is 13.4. The van der Waals surface area contributed by atoms with E-state index in [1.165, 1.54) is 12.1 Å². The standard InChI is InChI=1S/C15H10Br2F2O2/c16-12-7-14-13(20-1-2-21-14)6-11(12)15(17)8-3-9(18)5-10(19)4-8/h3-7,15H,1-2H2. The summed E-state index contributed by atoms with van der Waals surface area (Å²) >= 11 is 6.94. The monoisotopic (exact) mass is 418 g/mol. The van der Waals surface area contributed by atoms with Crippen LogP contribution in [0.5, 0.6) is 11.5 Å². The fraction of sp³-hybridized carbons (Fsp3) is 0.200. The molecule has 1 aliphatic heterocycles. The Kier molecular flexibility index (Phi) is 4.17. The Labute approximate surface area is 137 Å². The molecule has 0 N–H and O–H groups in total. The van der Waals surface area contributed by atoms with Crippen LogP contribution in [-0.4, -0.2) is 13.2 Å². The fourth-order valence-corrected chi connectivity index (χ4v) is 3.68.